The van der Waals surface area contributed by atoms with E-state index in [1.54, 1.807) is 0 Å². The first-order chi connectivity index (χ1) is 14.2. The third-order valence-corrected chi connectivity index (χ3v) is 5.48. The normalized spacial score (nSPS) is 12.8. The summed E-state index contributed by atoms with van der Waals surface area (Å²) in [5, 5.41) is 0. The van der Waals surface area contributed by atoms with E-state index in [1.807, 2.05) is 12.4 Å². The predicted octanol–water partition coefficient (Wildman–Crippen LogP) is 6.33. The van der Waals surface area contributed by atoms with Gasteiger partial charge in [-0.15, -0.1) is 0 Å². The molecule has 0 saturated carbocycles. The van der Waals surface area contributed by atoms with Gasteiger partial charge in [-0.05, 0) is 60.6 Å². The smallest absolute Gasteiger partial charge is 0.141 e. The van der Waals surface area contributed by atoms with Gasteiger partial charge >= 0.3 is 0 Å². The van der Waals surface area contributed by atoms with Crippen molar-refractivity contribution < 1.29 is 0 Å². The van der Waals surface area contributed by atoms with Gasteiger partial charge in [0, 0.05) is 18.0 Å². The summed E-state index contributed by atoms with van der Waals surface area (Å²) in [6.07, 6.45) is 5.84. The number of para-hydroxylation sites is 1. The highest BCUT2D eigenvalue weighted by atomic mass is 15.2. The van der Waals surface area contributed by atoms with Crippen LogP contribution in [0, 0.1) is 13.8 Å². The van der Waals surface area contributed by atoms with Crippen LogP contribution in [-0.4, -0.2) is 9.97 Å². The second-order valence-corrected chi connectivity index (χ2v) is 7.71. The summed E-state index contributed by atoms with van der Waals surface area (Å²) in [6.45, 7) is 4.21. The molecule has 0 N–H and O–H groups in total. The Hall–Kier alpha value is -3.46. The molecule has 0 fully saturated rings. The molecule has 0 spiro atoms. The Kier molecular flexibility index (Phi) is 4.36. The lowest BCUT2D eigenvalue weighted by molar-refractivity contribution is 0.960. The molecular formula is C26H23N3. The molecule has 1 aliphatic heterocycles. The van der Waals surface area contributed by atoms with Gasteiger partial charge in [-0.1, -0.05) is 60.7 Å². The van der Waals surface area contributed by atoms with Crippen LogP contribution in [0.2, 0.25) is 0 Å². The van der Waals surface area contributed by atoms with Crippen molar-refractivity contribution in [1.29, 1.82) is 0 Å². The van der Waals surface area contributed by atoms with Gasteiger partial charge in [-0.25, -0.2) is 9.97 Å². The molecule has 1 aliphatic rings. The van der Waals surface area contributed by atoms with Gasteiger partial charge in [-0.3, -0.25) is 4.90 Å². The van der Waals surface area contributed by atoms with Gasteiger partial charge in [0.2, 0.25) is 0 Å². The minimum atomic E-state index is 0.964. The summed E-state index contributed by atoms with van der Waals surface area (Å²) < 4.78 is 0. The summed E-state index contributed by atoms with van der Waals surface area (Å²) in [6, 6.07) is 23.6. The molecule has 0 amide bonds. The summed E-state index contributed by atoms with van der Waals surface area (Å²) in [4.78, 5) is 12.0. The van der Waals surface area contributed by atoms with Crippen LogP contribution in [0.25, 0.3) is 11.1 Å². The Morgan fingerprint density at radius 3 is 1.86 bits per heavy atom. The largest absolute Gasteiger partial charge is 0.278 e. The minimum absolute atomic E-state index is 0.964. The number of benzene rings is 2. The molecule has 142 valence electrons. The quantitative estimate of drug-likeness (QED) is 0.409. The number of nitrogens with zero attached hydrogens (tertiary/aromatic N) is 3. The first-order valence-corrected chi connectivity index (χ1v) is 10.1. The highest BCUT2D eigenvalue weighted by molar-refractivity contribution is 5.88. The molecule has 3 heterocycles. The standard InChI is InChI=1S/C26H23N3/c1-18-14-21-12-13-22-15-19(2)17-28-26(22)29(25(21)27-16-18)24-11-7-6-10-23(24)20-8-4-3-5-9-20/h3-11,14-17H,12-13H2,1-2H3. The van der Waals surface area contributed by atoms with E-state index in [2.05, 4.69) is 85.5 Å². The SMILES string of the molecule is Cc1cnc2c(c1)CCc1cc(C)cnc1N2c1ccccc1-c1ccccc1. The summed E-state index contributed by atoms with van der Waals surface area (Å²) >= 11 is 0. The van der Waals surface area contributed by atoms with E-state index in [-0.39, 0.29) is 0 Å². The van der Waals surface area contributed by atoms with Crippen LogP contribution in [0.1, 0.15) is 22.3 Å². The third-order valence-electron chi connectivity index (χ3n) is 5.48. The molecule has 0 saturated heterocycles. The molecule has 29 heavy (non-hydrogen) atoms. The maximum atomic E-state index is 4.88. The first-order valence-electron chi connectivity index (χ1n) is 10.1. The summed E-state index contributed by atoms with van der Waals surface area (Å²) in [5.74, 6) is 1.96. The lowest BCUT2D eigenvalue weighted by Gasteiger charge is -2.27. The van der Waals surface area contributed by atoms with Gasteiger partial charge in [0.25, 0.3) is 0 Å². The van der Waals surface area contributed by atoms with E-state index in [9.17, 15) is 0 Å². The highest BCUT2D eigenvalue weighted by Gasteiger charge is 2.26. The number of aromatic nitrogens is 2. The molecule has 0 radical (unpaired) electrons. The zero-order valence-electron chi connectivity index (χ0n) is 16.8. The molecular weight excluding hydrogens is 354 g/mol. The average Bonchev–Trinajstić information content (AvgIpc) is 2.90. The van der Waals surface area contributed by atoms with Crippen molar-refractivity contribution in [3.63, 3.8) is 0 Å². The van der Waals surface area contributed by atoms with Gasteiger partial charge in [0.1, 0.15) is 11.6 Å². The molecule has 3 nitrogen and oxygen atoms in total. The Bertz CT molecular complexity index is 1130. The number of anilines is 3. The minimum Gasteiger partial charge on any atom is -0.278 e. The van der Waals surface area contributed by atoms with Gasteiger partial charge in [-0.2, -0.15) is 0 Å². The van der Waals surface area contributed by atoms with Crippen LogP contribution in [0.15, 0.2) is 79.1 Å². The summed E-state index contributed by atoms with van der Waals surface area (Å²) in [5.41, 5.74) is 8.39. The van der Waals surface area contributed by atoms with Crippen LogP contribution in [0.3, 0.4) is 0 Å². The van der Waals surface area contributed by atoms with Crippen molar-refractivity contribution in [3.8, 4) is 11.1 Å². The van der Waals surface area contributed by atoms with Gasteiger partial charge < -0.3 is 0 Å². The van der Waals surface area contributed by atoms with E-state index >= 15 is 0 Å². The van der Waals surface area contributed by atoms with Gasteiger partial charge in [0.15, 0.2) is 0 Å². The van der Waals surface area contributed by atoms with Crippen LogP contribution >= 0.6 is 0 Å². The molecule has 0 unspecified atom stereocenters. The Morgan fingerprint density at radius 2 is 1.24 bits per heavy atom. The molecule has 0 bridgehead atoms. The summed E-state index contributed by atoms with van der Waals surface area (Å²) in [7, 11) is 0. The fraction of sp³-hybridized carbons (Fsp3) is 0.154. The van der Waals surface area contributed by atoms with Crippen LogP contribution < -0.4 is 4.90 Å². The van der Waals surface area contributed by atoms with Crippen molar-refractivity contribution in [1.82, 2.24) is 9.97 Å². The van der Waals surface area contributed by atoms with Crippen LogP contribution in [0.4, 0.5) is 17.3 Å². The van der Waals surface area contributed by atoms with E-state index in [4.69, 9.17) is 9.97 Å². The van der Waals surface area contributed by atoms with Crippen molar-refractivity contribution in [2.75, 3.05) is 4.90 Å². The van der Waals surface area contributed by atoms with E-state index < -0.39 is 0 Å². The highest BCUT2D eigenvalue weighted by Crippen LogP contribution is 2.43. The lowest BCUT2D eigenvalue weighted by Crippen LogP contribution is -2.16. The first kappa shape index (κ1) is 17.6. The molecule has 5 rings (SSSR count). The van der Waals surface area contributed by atoms with Crippen molar-refractivity contribution in [3.05, 3.63) is 101 Å². The number of fused-ring (bicyclic) bond motifs is 2. The van der Waals surface area contributed by atoms with Crippen molar-refractivity contribution in [2.45, 2.75) is 26.7 Å². The Labute approximate surface area is 171 Å². The predicted molar refractivity (Wildman–Crippen MR) is 119 cm³/mol. The Morgan fingerprint density at radius 1 is 0.690 bits per heavy atom. The van der Waals surface area contributed by atoms with Gasteiger partial charge in [0.05, 0.1) is 5.69 Å². The van der Waals surface area contributed by atoms with E-state index in [0.29, 0.717) is 0 Å². The second kappa shape index (κ2) is 7.17. The van der Waals surface area contributed by atoms with E-state index in [0.717, 1.165) is 30.2 Å². The number of aryl methyl sites for hydroxylation is 4. The molecule has 2 aromatic heterocycles. The number of hydrogen-bond acceptors (Lipinski definition) is 3. The third kappa shape index (κ3) is 3.19. The van der Waals surface area contributed by atoms with Crippen molar-refractivity contribution >= 4 is 17.3 Å². The van der Waals surface area contributed by atoms with Crippen LogP contribution in [0.5, 0.6) is 0 Å². The maximum Gasteiger partial charge on any atom is 0.141 e. The van der Waals surface area contributed by atoms with Crippen LogP contribution in [-0.2, 0) is 12.8 Å². The molecule has 2 aromatic carbocycles. The number of rotatable bonds is 2. The monoisotopic (exact) mass is 377 g/mol. The average molecular weight is 377 g/mol. The second-order valence-electron chi connectivity index (χ2n) is 7.71. The Balaban J connectivity index is 1.80. The van der Waals surface area contributed by atoms with E-state index in [1.165, 1.54) is 33.4 Å². The number of pyridine rings is 2. The molecule has 0 atom stereocenters. The zero-order chi connectivity index (χ0) is 19.8. The molecule has 0 aliphatic carbocycles. The fourth-order valence-corrected chi connectivity index (χ4v) is 4.14. The fourth-order valence-electron chi connectivity index (χ4n) is 4.14. The molecule has 3 heteroatoms. The zero-order valence-corrected chi connectivity index (χ0v) is 16.8. The molecule has 4 aromatic rings. The topological polar surface area (TPSA) is 29.0 Å². The maximum absolute atomic E-state index is 4.88. The number of hydrogen-bond donors (Lipinski definition) is 0. The lowest BCUT2D eigenvalue weighted by atomic mass is 10.0. The van der Waals surface area contributed by atoms with Crippen molar-refractivity contribution in [2.24, 2.45) is 0 Å².